The molecule has 22 heteroatoms. The molecule has 2 aliphatic rings. The molecule has 0 unspecified atom stereocenters. The number of rotatable bonds is 17. The summed E-state index contributed by atoms with van der Waals surface area (Å²) in [5.41, 5.74) is -1.53. The van der Waals surface area contributed by atoms with E-state index in [1.54, 1.807) is 41.5 Å². The Bertz CT molecular complexity index is 2300. The van der Waals surface area contributed by atoms with Crippen LogP contribution in [-0.2, 0) is 51.3 Å². The number of thiazole rings is 1. The second-order valence-corrected chi connectivity index (χ2v) is 17.5. The van der Waals surface area contributed by atoms with Crippen LogP contribution in [0.25, 0.3) is 0 Å². The van der Waals surface area contributed by atoms with Crippen molar-refractivity contribution < 1.29 is 52.6 Å². The van der Waals surface area contributed by atoms with Crippen LogP contribution in [0, 0.1) is 0 Å². The fourth-order valence-electron chi connectivity index (χ4n) is 5.89. The molecule has 1 aliphatic carbocycles. The number of β-lactam (4-membered cyclic amide) rings is 1. The quantitative estimate of drug-likeness (QED) is 0.0250. The number of carbonyl (C=O) groups excluding carboxylic acids is 6. The van der Waals surface area contributed by atoms with Gasteiger partial charge in [-0.2, -0.15) is 15.0 Å². The van der Waals surface area contributed by atoms with Gasteiger partial charge in [-0.05, 0) is 52.7 Å². The fourth-order valence-corrected chi connectivity index (χ4v) is 6.57. The maximum absolute atomic E-state index is 14.0. The third-order valence-electron chi connectivity index (χ3n) is 9.05. The lowest BCUT2D eigenvalue weighted by Gasteiger charge is -2.36. The van der Waals surface area contributed by atoms with Gasteiger partial charge in [0.15, 0.2) is 16.9 Å². The molecular weight excluding hydrogens is 853 g/mol. The van der Waals surface area contributed by atoms with Crippen LogP contribution in [0.2, 0.25) is 0 Å². The molecule has 2 aromatic carbocycles. The molecule has 1 saturated heterocycles. The Morgan fingerprint density at radius 3 is 2.16 bits per heavy atom. The van der Waals surface area contributed by atoms with E-state index in [1.807, 2.05) is 60.7 Å². The van der Waals surface area contributed by atoms with Gasteiger partial charge >= 0.3 is 24.2 Å². The van der Waals surface area contributed by atoms with E-state index in [2.05, 4.69) is 46.9 Å². The van der Waals surface area contributed by atoms with Gasteiger partial charge in [0, 0.05) is 18.2 Å². The highest BCUT2D eigenvalue weighted by molar-refractivity contribution is 7.14. The largest absolute Gasteiger partial charge is 0.450 e. The molecule has 0 bridgehead atoms. The summed E-state index contributed by atoms with van der Waals surface area (Å²) >= 11 is 0.981. The highest BCUT2D eigenvalue weighted by atomic mass is 32.1. The Balaban J connectivity index is 1.10. The first-order chi connectivity index (χ1) is 30.4. The van der Waals surface area contributed by atoms with Gasteiger partial charge in [-0.15, -0.1) is 11.3 Å². The highest BCUT2D eigenvalue weighted by Crippen LogP contribution is 2.43. The SMILES string of the molecule is CC(C)(C)OC(=O)NCCOC(=O)NCc1cnn(C[C@H]2NC(=O)[C@H]2NC(=O)/C(=N/OC2(C(=O)OC(c3ccccc3)c3ccccc3)CC2)c2csc(NC(=O)OC(C)(C)C)n2)n1. The lowest BCUT2D eigenvalue weighted by atomic mass is 9.98. The molecule has 0 spiro atoms. The maximum Gasteiger partial charge on any atom is 0.413 e. The monoisotopic (exact) mass is 902 g/mol. The summed E-state index contributed by atoms with van der Waals surface area (Å²) < 4.78 is 21.6. The first kappa shape index (κ1) is 46.4. The molecule has 5 N–H and O–H groups in total. The number of esters is 1. The number of hydrogen-bond acceptors (Lipinski definition) is 16. The number of hydrogen-bond donors (Lipinski definition) is 5. The van der Waals surface area contributed by atoms with Crippen LogP contribution in [0.3, 0.4) is 0 Å². The van der Waals surface area contributed by atoms with Crippen LogP contribution >= 0.6 is 11.3 Å². The van der Waals surface area contributed by atoms with E-state index in [0.29, 0.717) is 5.69 Å². The summed E-state index contributed by atoms with van der Waals surface area (Å²) in [4.78, 5) is 88.6. The molecule has 21 nitrogen and oxygen atoms in total. The smallest absolute Gasteiger partial charge is 0.413 e. The van der Waals surface area contributed by atoms with Crippen molar-refractivity contribution in [2.24, 2.45) is 5.16 Å². The molecule has 0 radical (unpaired) electrons. The van der Waals surface area contributed by atoms with Crippen molar-refractivity contribution in [3.05, 3.63) is 94.8 Å². The van der Waals surface area contributed by atoms with Gasteiger partial charge < -0.3 is 45.1 Å². The minimum Gasteiger partial charge on any atom is -0.450 e. The van der Waals surface area contributed by atoms with Gasteiger partial charge in [0.1, 0.15) is 35.2 Å². The lowest BCUT2D eigenvalue weighted by molar-refractivity contribution is -0.164. The lowest BCUT2D eigenvalue weighted by Crippen LogP contribution is -2.70. The maximum atomic E-state index is 14.0. The number of anilines is 1. The Morgan fingerprint density at radius 1 is 0.906 bits per heavy atom. The molecule has 1 saturated carbocycles. The van der Waals surface area contributed by atoms with E-state index in [-0.39, 0.29) is 55.6 Å². The molecule has 4 aromatic rings. The zero-order valence-electron chi connectivity index (χ0n) is 36.0. The molecule has 64 heavy (non-hydrogen) atoms. The molecule has 340 valence electrons. The Morgan fingerprint density at radius 2 is 1.55 bits per heavy atom. The zero-order valence-corrected chi connectivity index (χ0v) is 36.9. The first-order valence-electron chi connectivity index (χ1n) is 20.3. The topological polar surface area (TPSA) is 265 Å². The van der Waals surface area contributed by atoms with Crippen molar-refractivity contribution in [3.63, 3.8) is 0 Å². The molecule has 1 aliphatic heterocycles. The molecular formula is C42H50N10O11S. The standard InChI is InChI=1S/C42H50N10O11S/c1-40(2,3)61-38(57)43-19-20-59-37(56)44-21-27-22-45-52(50-27)23-28-30(33(53)46-28)48-34(54)31(29-24-64-36(47-29)49-39(58)62-41(4,5)6)51-63-42(17-18-42)35(55)60-32(25-13-9-7-10-14-25)26-15-11-8-12-16-26/h7-16,22,24,28,30,32H,17-21,23H2,1-6H3,(H,43,57)(H,44,56)(H,46,53)(H,48,54)(H,47,49,58)/b51-31+/t28-,30+/m1/s1. The summed E-state index contributed by atoms with van der Waals surface area (Å²) in [6.07, 6.45) is -1.01. The third kappa shape index (κ3) is 13.2. The Labute approximate surface area is 372 Å². The molecule has 5 amide bonds. The number of nitrogens with one attached hydrogen (secondary N) is 5. The van der Waals surface area contributed by atoms with Crippen molar-refractivity contribution >= 4 is 58.2 Å². The van der Waals surface area contributed by atoms with Crippen LogP contribution in [0.4, 0.5) is 19.5 Å². The predicted molar refractivity (Wildman–Crippen MR) is 229 cm³/mol. The molecule has 2 fully saturated rings. The van der Waals surface area contributed by atoms with Gasteiger partial charge in [-0.1, -0.05) is 65.8 Å². The second kappa shape index (κ2) is 19.9. The second-order valence-electron chi connectivity index (χ2n) is 16.7. The van der Waals surface area contributed by atoms with Crippen molar-refractivity contribution in [1.82, 2.24) is 41.2 Å². The van der Waals surface area contributed by atoms with E-state index >= 15 is 0 Å². The van der Waals surface area contributed by atoms with Gasteiger partial charge in [0.25, 0.3) is 5.91 Å². The number of nitrogens with zero attached hydrogens (tertiary/aromatic N) is 5. The number of aromatic nitrogens is 4. The number of alkyl carbamates (subject to hydrolysis) is 2. The first-order valence-corrected chi connectivity index (χ1v) is 21.2. The van der Waals surface area contributed by atoms with Crippen LogP contribution in [0.5, 0.6) is 0 Å². The highest BCUT2D eigenvalue weighted by Gasteiger charge is 2.56. The number of benzene rings is 2. The molecule has 6 rings (SSSR count). The summed E-state index contributed by atoms with van der Waals surface area (Å²) in [6.45, 7) is 10.2. The number of carbonyl (C=O) groups is 6. The van der Waals surface area contributed by atoms with E-state index in [4.69, 9.17) is 23.8 Å². The van der Waals surface area contributed by atoms with Crippen molar-refractivity contribution in [1.29, 1.82) is 0 Å². The normalized spacial score (nSPS) is 16.6. The Kier molecular flexibility index (Phi) is 14.5. The van der Waals surface area contributed by atoms with Crippen LogP contribution in [0.1, 0.15) is 83.0 Å². The minimum atomic E-state index is -1.51. The summed E-state index contributed by atoms with van der Waals surface area (Å²) in [5.74, 6) is -2.06. The minimum absolute atomic E-state index is 0.0239. The van der Waals surface area contributed by atoms with Crippen LogP contribution in [-0.4, -0.2) is 104 Å². The van der Waals surface area contributed by atoms with Crippen molar-refractivity contribution in [2.45, 2.75) is 102 Å². The fraction of sp³-hybridized carbons (Fsp3) is 0.429. The van der Waals surface area contributed by atoms with E-state index in [9.17, 15) is 28.8 Å². The summed E-state index contributed by atoms with van der Waals surface area (Å²) in [6, 6.07) is 16.7. The average molecular weight is 903 g/mol. The molecule has 2 atom stereocenters. The van der Waals surface area contributed by atoms with Gasteiger partial charge in [0.2, 0.25) is 11.5 Å². The molecule has 2 aromatic heterocycles. The molecule has 3 heterocycles. The van der Waals surface area contributed by atoms with Gasteiger partial charge in [-0.3, -0.25) is 14.9 Å². The summed E-state index contributed by atoms with van der Waals surface area (Å²) in [5, 5.41) is 27.1. The van der Waals surface area contributed by atoms with Gasteiger partial charge in [0.05, 0.1) is 31.9 Å². The predicted octanol–water partition coefficient (Wildman–Crippen LogP) is 4.10. The van der Waals surface area contributed by atoms with Crippen LogP contribution < -0.4 is 26.6 Å². The number of ether oxygens (including phenoxy) is 4. The van der Waals surface area contributed by atoms with Gasteiger partial charge in [-0.25, -0.2) is 24.2 Å². The van der Waals surface area contributed by atoms with E-state index in [0.717, 1.165) is 22.5 Å². The van der Waals surface area contributed by atoms with E-state index in [1.165, 1.54) is 16.4 Å². The Hall–Kier alpha value is -7.10. The van der Waals surface area contributed by atoms with Crippen LogP contribution in [0.15, 0.2) is 77.4 Å². The number of amides is 5. The third-order valence-corrected chi connectivity index (χ3v) is 9.81. The van der Waals surface area contributed by atoms with E-state index < -0.39 is 71.1 Å². The number of oxime groups is 1. The van der Waals surface area contributed by atoms with Crippen molar-refractivity contribution in [3.8, 4) is 0 Å². The van der Waals surface area contributed by atoms with Crippen molar-refractivity contribution in [2.75, 3.05) is 18.5 Å². The zero-order chi connectivity index (χ0) is 46.1. The average Bonchev–Trinajstić information content (AvgIpc) is 3.66. The summed E-state index contributed by atoms with van der Waals surface area (Å²) in [7, 11) is 0.